The van der Waals surface area contributed by atoms with Gasteiger partial charge in [-0.25, -0.2) is 4.98 Å². The van der Waals surface area contributed by atoms with Crippen LogP contribution in [0, 0.1) is 5.92 Å². The van der Waals surface area contributed by atoms with Crippen LogP contribution in [-0.2, 0) is 25.1 Å². The third-order valence-electron chi connectivity index (χ3n) is 3.23. The second-order valence-electron chi connectivity index (χ2n) is 5.68. The van der Waals surface area contributed by atoms with E-state index in [1.54, 1.807) is 12.3 Å². The molecule has 3 nitrogen and oxygen atoms in total. The Morgan fingerprint density at radius 1 is 1.30 bits per heavy atom. The molecule has 23 heavy (non-hydrogen) atoms. The van der Waals surface area contributed by atoms with E-state index in [1.165, 1.54) is 17.8 Å². The van der Waals surface area contributed by atoms with Gasteiger partial charge in [-0.3, -0.25) is 0 Å². The Morgan fingerprint density at radius 2 is 2.04 bits per heavy atom. The van der Waals surface area contributed by atoms with Gasteiger partial charge in [-0.05, 0) is 17.5 Å². The molecule has 0 radical (unpaired) electrons. The summed E-state index contributed by atoms with van der Waals surface area (Å²) in [6.45, 7) is 4.72. The fraction of sp³-hybridized carbons (Fsp3) is 0.438. The molecule has 0 amide bonds. The summed E-state index contributed by atoms with van der Waals surface area (Å²) in [5, 5.41) is 10.1. The molecule has 1 heterocycles. The normalized spacial score (nSPS) is 12.1. The Labute approximate surface area is 137 Å². The number of benzene rings is 1. The Kier molecular flexibility index (Phi) is 5.75. The largest absolute Gasteiger partial charge is 0.416 e. The van der Waals surface area contributed by atoms with Crippen LogP contribution in [-0.4, -0.2) is 14.7 Å². The molecule has 7 heteroatoms. The summed E-state index contributed by atoms with van der Waals surface area (Å²) in [5.41, 5.74) is 0.664. The third kappa shape index (κ3) is 4.75. The van der Waals surface area contributed by atoms with Gasteiger partial charge in [0.05, 0.1) is 24.1 Å². The lowest BCUT2D eigenvalue weighted by Crippen LogP contribution is -2.09. The molecule has 2 aromatic rings. The van der Waals surface area contributed by atoms with Gasteiger partial charge >= 0.3 is 6.18 Å². The SMILES string of the molecule is CC(C)Cn1c(CO)cnc1SCc1cccc(C(F)(F)F)c1. The Balaban J connectivity index is 2.14. The van der Waals surface area contributed by atoms with Crippen molar-refractivity contribution < 1.29 is 18.3 Å². The van der Waals surface area contributed by atoms with Crippen LogP contribution in [0.25, 0.3) is 0 Å². The zero-order chi connectivity index (χ0) is 17.0. The van der Waals surface area contributed by atoms with Gasteiger partial charge < -0.3 is 9.67 Å². The number of rotatable bonds is 6. The van der Waals surface area contributed by atoms with Gasteiger partial charge in [0.2, 0.25) is 0 Å². The number of alkyl halides is 3. The summed E-state index contributed by atoms with van der Waals surface area (Å²) in [5.74, 6) is 0.770. The first-order chi connectivity index (χ1) is 10.8. The molecule has 0 aliphatic rings. The van der Waals surface area contributed by atoms with Gasteiger partial charge in [-0.15, -0.1) is 0 Å². The summed E-state index contributed by atoms with van der Waals surface area (Å²) in [4.78, 5) is 4.27. The average molecular weight is 344 g/mol. The smallest absolute Gasteiger partial charge is 0.390 e. The molecule has 0 aliphatic heterocycles. The predicted molar refractivity (Wildman–Crippen MR) is 84.0 cm³/mol. The second kappa shape index (κ2) is 7.40. The van der Waals surface area contributed by atoms with Crippen molar-refractivity contribution in [1.29, 1.82) is 0 Å². The van der Waals surface area contributed by atoms with Crippen LogP contribution in [0.15, 0.2) is 35.6 Å². The third-order valence-corrected chi connectivity index (χ3v) is 4.30. The highest BCUT2D eigenvalue weighted by atomic mass is 32.2. The minimum atomic E-state index is -4.33. The maximum absolute atomic E-state index is 12.7. The van der Waals surface area contributed by atoms with E-state index in [9.17, 15) is 18.3 Å². The van der Waals surface area contributed by atoms with Crippen LogP contribution < -0.4 is 0 Å². The fourth-order valence-corrected chi connectivity index (χ4v) is 3.13. The molecule has 0 fully saturated rings. The number of hydrogen-bond donors (Lipinski definition) is 1. The molecular formula is C16H19F3N2OS. The number of nitrogens with zero attached hydrogens (tertiary/aromatic N) is 2. The van der Waals surface area contributed by atoms with Crippen molar-refractivity contribution in [3.8, 4) is 0 Å². The lowest BCUT2D eigenvalue weighted by atomic mass is 10.1. The number of halogens is 3. The number of thioether (sulfide) groups is 1. The summed E-state index contributed by atoms with van der Waals surface area (Å²) in [6.07, 6.45) is -2.72. The van der Waals surface area contributed by atoms with Crippen molar-refractivity contribution >= 4 is 11.8 Å². The van der Waals surface area contributed by atoms with E-state index in [4.69, 9.17) is 0 Å². The molecule has 0 saturated carbocycles. The molecule has 1 aromatic carbocycles. The van der Waals surface area contributed by atoms with Crippen LogP contribution in [0.1, 0.15) is 30.7 Å². The minimum absolute atomic E-state index is 0.107. The Bertz CT molecular complexity index is 653. The van der Waals surface area contributed by atoms with Crippen LogP contribution in [0.5, 0.6) is 0 Å². The molecule has 0 atom stereocenters. The molecule has 1 N–H and O–H groups in total. The molecule has 2 rings (SSSR count). The van der Waals surface area contributed by atoms with Crippen molar-refractivity contribution in [3.05, 3.63) is 47.3 Å². The fourth-order valence-electron chi connectivity index (χ4n) is 2.18. The van der Waals surface area contributed by atoms with Gasteiger partial charge in [0.1, 0.15) is 0 Å². The van der Waals surface area contributed by atoms with Crippen molar-refractivity contribution in [1.82, 2.24) is 9.55 Å². The van der Waals surface area contributed by atoms with E-state index in [2.05, 4.69) is 18.8 Å². The predicted octanol–water partition coefficient (Wildman–Crippen LogP) is 4.34. The van der Waals surface area contributed by atoms with E-state index in [-0.39, 0.29) is 6.61 Å². The van der Waals surface area contributed by atoms with Gasteiger partial charge in [0.15, 0.2) is 5.16 Å². The standard InChI is InChI=1S/C16H19F3N2OS/c1-11(2)8-21-14(9-22)7-20-15(21)23-10-12-4-3-5-13(6-12)16(17,18)19/h3-7,11,22H,8-10H2,1-2H3. The Hall–Kier alpha value is -1.47. The summed E-state index contributed by atoms with van der Waals surface area (Å²) in [7, 11) is 0. The summed E-state index contributed by atoms with van der Waals surface area (Å²) < 4.78 is 40.1. The number of aromatic nitrogens is 2. The van der Waals surface area contributed by atoms with Gasteiger partial charge in [-0.2, -0.15) is 13.2 Å². The maximum Gasteiger partial charge on any atom is 0.416 e. The topological polar surface area (TPSA) is 38.0 Å². The number of imidazole rings is 1. The molecule has 0 bridgehead atoms. The first kappa shape index (κ1) is 17.9. The molecule has 1 aromatic heterocycles. The van der Waals surface area contributed by atoms with Crippen LogP contribution >= 0.6 is 11.8 Å². The number of aliphatic hydroxyl groups is 1. The zero-order valence-electron chi connectivity index (χ0n) is 13.0. The van der Waals surface area contributed by atoms with E-state index in [0.717, 1.165) is 12.1 Å². The monoisotopic (exact) mass is 344 g/mol. The van der Waals surface area contributed by atoms with E-state index in [1.807, 2.05) is 4.57 Å². The van der Waals surface area contributed by atoms with E-state index < -0.39 is 11.7 Å². The molecule has 0 spiro atoms. The first-order valence-electron chi connectivity index (χ1n) is 7.25. The second-order valence-corrected chi connectivity index (χ2v) is 6.62. The zero-order valence-corrected chi connectivity index (χ0v) is 13.8. The first-order valence-corrected chi connectivity index (χ1v) is 8.24. The van der Waals surface area contributed by atoms with E-state index >= 15 is 0 Å². The number of aliphatic hydroxyl groups excluding tert-OH is 1. The van der Waals surface area contributed by atoms with Crippen molar-refractivity contribution in [3.63, 3.8) is 0 Å². The summed E-state index contributed by atoms with van der Waals surface area (Å²) in [6, 6.07) is 5.32. The lowest BCUT2D eigenvalue weighted by molar-refractivity contribution is -0.137. The van der Waals surface area contributed by atoms with Gasteiger partial charge in [0, 0.05) is 12.3 Å². The average Bonchev–Trinajstić information content (AvgIpc) is 2.86. The van der Waals surface area contributed by atoms with Gasteiger partial charge in [0.25, 0.3) is 0 Å². The highest BCUT2D eigenvalue weighted by molar-refractivity contribution is 7.98. The minimum Gasteiger partial charge on any atom is -0.390 e. The quantitative estimate of drug-likeness (QED) is 0.792. The highest BCUT2D eigenvalue weighted by Crippen LogP contribution is 2.31. The Morgan fingerprint density at radius 3 is 2.65 bits per heavy atom. The molecule has 0 unspecified atom stereocenters. The van der Waals surface area contributed by atoms with Crippen molar-refractivity contribution in [2.75, 3.05) is 0 Å². The summed E-state index contributed by atoms with van der Waals surface area (Å²) >= 11 is 1.37. The van der Waals surface area contributed by atoms with Crippen LogP contribution in [0.2, 0.25) is 0 Å². The molecule has 0 aliphatic carbocycles. The lowest BCUT2D eigenvalue weighted by Gasteiger charge is -2.13. The van der Waals surface area contributed by atoms with Crippen LogP contribution in [0.3, 0.4) is 0 Å². The van der Waals surface area contributed by atoms with E-state index in [0.29, 0.717) is 34.6 Å². The molecular weight excluding hydrogens is 325 g/mol. The van der Waals surface area contributed by atoms with Crippen molar-refractivity contribution in [2.45, 2.75) is 44.1 Å². The molecule has 126 valence electrons. The highest BCUT2D eigenvalue weighted by Gasteiger charge is 2.30. The molecule has 0 saturated heterocycles. The maximum atomic E-state index is 12.7. The van der Waals surface area contributed by atoms with Crippen molar-refractivity contribution in [2.24, 2.45) is 5.92 Å². The number of hydrogen-bond acceptors (Lipinski definition) is 3. The van der Waals surface area contributed by atoms with Gasteiger partial charge in [-0.1, -0.05) is 43.8 Å². The van der Waals surface area contributed by atoms with Crippen LogP contribution in [0.4, 0.5) is 13.2 Å².